The maximum absolute atomic E-state index is 12.8. The van der Waals surface area contributed by atoms with Crippen molar-refractivity contribution in [2.75, 3.05) is 0 Å². The summed E-state index contributed by atoms with van der Waals surface area (Å²) in [7, 11) is 0. The maximum atomic E-state index is 12.8. The van der Waals surface area contributed by atoms with Crippen LogP contribution in [0.4, 0.5) is 8.78 Å². The van der Waals surface area contributed by atoms with E-state index in [1.165, 1.54) is 11.5 Å². The normalized spacial score (nSPS) is 22.5. The molecule has 0 amide bonds. The Morgan fingerprint density at radius 2 is 2.00 bits per heavy atom. The molecule has 2 nitrogen and oxygen atoms in total. The van der Waals surface area contributed by atoms with Crippen LogP contribution in [-0.2, 0) is 0 Å². The van der Waals surface area contributed by atoms with E-state index >= 15 is 0 Å². The molecule has 2 rings (SSSR count). The van der Waals surface area contributed by atoms with Crippen molar-refractivity contribution in [2.24, 2.45) is 0 Å². The Bertz CT molecular complexity index is 319. The largest absolute Gasteiger partial charge is 0.248 e. The number of aromatic nitrogens is 2. The Morgan fingerprint density at radius 1 is 1.36 bits per heavy atom. The fraction of sp³-hybridized carbons (Fsp3) is 0.750. The van der Waals surface area contributed by atoms with Crippen molar-refractivity contribution in [2.45, 2.75) is 37.5 Å². The first-order valence-corrected chi connectivity index (χ1v) is 5.59. The minimum atomic E-state index is -2.48. The zero-order chi connectivity index (χ0) is 10.2. The van der Waals surface area contributed by atoms with Gasteiger partial charge < -0.3 is 0 Å². The highest BCUT2D eigenvalue weighted by molar-refractivity contribution is 7.05. The van der Waals surface area contributed by atoms with Crippen LogP contribution < -0.4 is 0 Å². The van der Waals surface area contributed by atoms with Gasteiger partial charge in [-0.05, 0) is 36.0 Å². The quantitative estimate of drug-likeness (QED) is 0.749. The molecule has 1 aliphatic carbocycles. The molecular formula is C8H9ClF2N2S. The van der Waals surface area contributed by atoms with Gasteiger partial charge in [0.1, 0.15) is 5.01 Å². The van der Waals surface area contributed by atoms with Crippen molar-refractivity contribution in [3.05, 3.63) is 10.3 Å². The van der Waals surface area contributed by atoms with Crippen LogP contribution >= 0.6 is 23.1 Å². The van der Waals surface area contributed by atoms with Crippen LogP contribution in [0.1, 0.15) is 36.6 Å². The minimum Gasteiger partial charge on any atom is -0.209 e. The monoisotopic (exact) mass is 238 g/mol. The van der Waals surface area contributed by atoms with Gasteiger partial charge in [0.25, 0.3) is 0 Å². The van der Waals surface area contributed by atoms with E-state index < -0.39 is 5.92 Å². The van der Waals surface area contributed by atoms with Gasteiger partial charge >= 0.3 is 0 Å². The maximum Gasteiger partial charge on any atom is 0.248 e. The van der Waals surface area contributed by atoms with Gasteiger partial charge in [-0.25, -0.2) is 13.8 Å². The predicted octanol–water partition coefficient (Wildman–Crippen LogP) is 3.48. The first kappa shape index (κ1) is 10.2. The summed E-state index contributed by atoms with van der Waals surface area (Å²) >= 11 is 6.79. The van der Waals surface area contributed by atoms with E-state index in [1.54, 1.807) is 0 Å². The Morgan fingerprint density at radius 3 is 2.50 bits per heavy atom. The lowest BCUT2D eigenvalue weighted by Crippen LogP contribution is -2.23. The molecule has 0 atom stereocenters. The van der Waals surface area contributed by atoms with Crippen LogP contribution in [0.3, 0.4) is 0 Å². The summed E-state index contributed by atoms with van der Waals surface area (Å²) in [6.07, 6.45) is 0.876. The number of rotatable bonds is 1. The Labute approximate surface area is 89.5 Å². The van der Waals surface area contributed by atoms with Crippen molar-refractivity contribution in [3.8, 4) is 0 Å². The highest BCUT2D eigenvalue weighted by atomic mass is 35.5. The fourth-order valence-corrected chi connectivity index (χ4v) is 2.64. The summed E-state index contributed by atoms with van der Waals surface area (Å²) in [6, 6.07) is 0. The average Bonchev–Trinajstić information content (AvgIpc) is 2.52. The van der Waals surface area contributed by atoms with Crippen molar-refractivity contribution in [3.63, 3.8) is 0 Å². The predicted molar refractivity (Wildman–Crippen MR) is 51.1 cm³/mol. The number of alkyl halides is 2. The molecule has 1 aromatic rings. The van der Waals surface area contributed by atoms with Crippen LogP contribution in [0.2, 0.25) is 5.28 Å². The standard InChI is InChI=1S/C8H9ClF2N2S/c9-7-12-6(14-13-7)5-1-3-8(10,11)4-2-5/h5H,1-4H2. The first-order valence-electron chi connectivity index (χ1n) is 4.44. The van der Waals surface area contributed by atoms with Gasteiger partial charge in [0, 0.05) is 18.8 Å². The topological polar surface area (TPSA) is 25.8 Å². The molecule has 78 valence electrons. The summed E-state index contributed by atoms with van der Waals surface area (Å²) < 4.78 is 29.5. The number of hydrogen-bond acceptors (Lipinski definition) is 3. The molecule has 1 fully saturated rings. The Hall–Kier alpha value is -0.290. The van der Waals surface area contributed by atoms with Crippen LogP contribution in [0.5, 0.6) is 0 Å². The van der Waals surface area contributed by atoms with Gasteiger partial charge in [-0.2, -0.15) is 4.37 Å². The SMILES string of the molecule is FC1(F)CCC(c2nc(Cl)ns2)CC1. The number of hydrogen-bond donors (Lipinski definition) is 0. The van der Waals surface area contributed by atoms with Crippen molar-refractivity contribution < 1.29 is 8.78 Å². The average molecular weight is 239 g/mol. The van der Waals surface area contributed by atoms with Gasteiger partial charge in [0.05, 0.1) is 0 Å². The van der Waals surface area contributed by atoms with E-state index in [9.17, 15) is 8.78 Å². The molecule has 0 aliphatic heterocycles. The number of halogens is 3. The molecule has 1 heterocycles. The van der Waals surface area contributed by atoms with E-state index in [-0.39, 0.29) is 24.0 Å². The van der Waals surface area contributed by atoms with Crippen LogP contribution in [0, 0.1) is 0 Å². The summed E-state index contributed by atoms with van der Waals surface area (Å²) in [5.74, 6) is -2.36. The highest BCUT2D eigenvalue weighted by Gasteiger charge is 2.36. The minimum absolute atomic E-state index is 0.0468. The van der Waals surface area contributed by atoms with Gasteiger partial charge in [-0.1, -0.05) is 0 Å². The second kappa shape index (κ2) is 3.70. The van der Waals surface area contributed by atoms with Gasteiger partial charge in [0.2, 0.25) is 11.2 Å². The van der Waals surface area contributed by atoms with E-state index in [0.717, 1.165) is 5.01 Å². The molecule has 0 spiro atoms. The highest BCUT2D eigenvalue weighted by Crippen LogP contribution is 2.41. The molecule has 6 heteroatoms. The third-order valence-corrected chi connectivity index (χ3v) is 3.63. The van der Waals surface area contributed by atoms with Gasteiger partial charge in [-0.3, -0.25) is 0 Å². The molecule has 14 heavy (non-hydrogen) atoms. The molecule has 0 aromatic carbocycles. The van der Waals surface area contributed by atoms with Crippen molar-refractivity contribution in [1.82, 2.24) is 9.36 Å². The van der Waals surface area contributed by atoms with E-state index in [4.69, 9.17) is 11.6 Å². The molecule has 1 saturated carbocycles. The molecule has 0 unspecified atom stereocenters. The lowest BCUT2D eigenvalue weighted by molar-refractivity contribution is -0.0382. The zero-order valence-electron chi connectivity index (χ0n) is 7.34. The molecule has 1 aliphatic rings. The Kier molecular flexibility index (Phi) is 2.70. The molecule has 1 aromatic heterocycles. The lowest BCUT2D eigenvalue weighted by Gasteiger charge is -2.26. The molecule has 0 N–H and O–H groups in total. The van der Waals surface area contributed by atoms with Gasteiger partial charge in [-0.15, -0.1) is 0 Å². The third kappa shape index (κ3) is 2.20. The molecular weight excluding hydrogens is 230 g/mol. The molecule has 0 saturated heterocycles. The van der Waals surface area contributed by atoms with E-state index in [1.807, 2.05) is 0 Å². The smallest absolute Gasteiger partial charge is 0.209 e. The molecule has 0 radical (unpaired) electrons. The summed E-state index contributed by atoms with van der Waals surface area (Å²) in [5.41, 5.74) is 0. The second-order valence-corrected chi connectivity index (χ2v) is 4.65. The summed E-state index contributed by atoms with van der Waals surface area (Å²) in [4.78, 5) is 4.01. The fourth-order valence-electron chi connectivity index (χ4n) is 1.67. The van der Waals surface area contributed by atoms with Crippen LogP contribution in [0.25, 0.3) is 0 Å². The summed E-state index contributed by atoms with van der Waals surface area (Å²) in [6.45, 7) is 0. The van der Waals surface area contributed by atoms with Crippen molar-refractivity contribution in [1.29, 1.82) is 0 Å². The van der Waals surface area contributed by atoms with Crippen molar-refractivity contribution >= 4 is 23.1 Å². The van der Waals surface area contributed by atoms with E-state index in [0.29, 0.717) is 12.8 Å². The summed E-state index contributed by atoms with van der Waals surface area (Å²) in [5, 5.41) is 1.02. The van der Waals surface area contributed by atoms with Crippen LogP contribution in [-0.4, -0.2) is 15.3 Å². The third-order valence-electron chi connectivity index (χ3n) is 2.48. The lowest BCUT2D eigenvalue weighted by atomic mass is 9.87. The first-order chi connectivity index (χ1) is 6.57. The zero-order valence-corrected chi connectivity index (χ0v) is 8.91. The molecule has 0 bridgehead atoms. The number of nitrogens with zero attached hydrogens (tertiary/aromatic N) is 2. The second-order valence-electron chi connectivity index (χ2n) is 3.53. The van der Waals surface area contributed by atoms with E-state index in [2.05, 4.69) is 9.36 Å². The van der Waals surface area contributed by atoms with Crippen LogP contribution in [0.15, 0.2) is 0 Å². The Balaban J connectivity index is 2.02. The van der Waals surface area contributed by atoms with Gasteiger partial charge in [0.15, 0.2) is 0 Å².